The number of hydrogen-bond acceptors (Lipinski definition) is 3. The summed E-state index contributed by atoms with van der Waals surface area (Å²) in [5, 5.41) is 1.94. The van der Waals surface area contributed by atoms with Crippen LogP contribution in [0.4, 0.5) is 5.69 Å². The predicted octanol–water partition coefficient (Wildman–Crippen LogP) is 7.81. The molecule has 3 aromatic carbocycles. The largest absolute Gasteiger partial charge is 0.362 e. The molecule has 0 spiro atoms. The van der Waals surface area contributed by atoms with Crippen molar-refractivity contribution in [3.8, 4) is 11.3 Å². The van der Waals surface area contributed by atoms with Gasteiger partial charge in [-0.3, -0.25) is 4.98 Å². The van der Waals surface area contributed by atoms with Crippen LogP contribution >= 0.6 is 23.2 Å². The molecule has 0 amide bonds. The second-order valence-corrected chi connectivity index (χ2v) is 8.63. The molecule has 3 nitrogen and oxygen atoms in total. The monoisotopic (exact) mass is 469 g/mol. The molecule has 0 aliphatic heterocycles. The summed E-state index contributed by atoms with van der Waals surface area (Å²) in [6, 6.07) is 32.6. The standard InChI is InChI=1S/C28H21Cl2N3/c29-24-16-22(25-17-26-23(28(30)32-25)12-7-15-31-26)13-14-27(24)33(18-20-8-3-1-4-9-20)19-21-10-5-2-6-11-21/h1-17H,18-19H2. The van der Waals surface area contributed by atoms with E-state index < -0.39 is 0 Å². The van der Waals surface area contributed by atoms with E-state index in [9.17, 15) is 0 Å². The number of hydrogen-bond donors (Lipinski definition) is 0. The number of nitrogens with zero attached hydrogens (tertiary/aromatic N) is 3. The zero-order valence-electron chi connectivity index (χ0n) is 17.8. The molecule has 0 atom stereocenters. The Bertz CT molecular complexity index is 1350. The van der Waals surface area contributed by atoms with Crippen molar-refractivity contribution in [3.63, 3.8) is 0 Å². The molecule has 0 N–H and O–H groups in total. The van der Waals surface area contributed by atoms with Crippen LogP contribution in [0.1, 0.15) is 11.1 Å². The summed E-state index contributed by atoms with van der Waals surface area (Å²) in [5.74, 6) is 0. The molecule has 0 bridgehead atoms. The van der Waals surface area contributed by atoms with Crippen LogP contribution in [-0.2, 0) is 13.1 Å². The smallest absolute Gasteiger partial charge is 0.139 e. The van der Waals surface area contributed by atoms with Gasteiger partial charge < -0.3 is 4.90 Å². The summed E-state index contributed by atoms with van der Waals surface area (Å²) in [4.78, 5) is 11.3. The fourth-order valence-corrected chi connectivity index (χ4v) is 4.49. The lowest BCUT2D eigenvalue weighted by Crippen LogP contribution is -2.22. The highest BCUT2D eigenvalue weighted by molar-refractivity contribution is 6.34. The molecular formula is C28H21Cl2N3. The molecule has 0 saturated carbocycles. The Morgan fingerprint density at radius 3 is 2.00 bits per heavy atom. The number of anilines is 1. The summed E-state index contributed by atoms with van der Waals surface area (Å²) >= 11 is 13.3. The molecule has 0 aliphatic carbocycles. The molecule has 0 saturated heterocycles. The van der Waals surface area contributed by atoms with Gasteiger partial charge in [-0.1, -0.05) is 89.9 Å². The van der Waals surface area contributed by atoms with Crippen LogP contribution in [-0.4, -0.2) is 9.97 Å². The third kappa shape index (κ3) is 4.85. The zero-order valence-corrected chi connectivity index (χ0v) is 19.3. The van der Waals surface area contributed by atoms with E-state index in [-0.39, 0.29) is 0 Å². The maximum absolute atomic E-state index is 6.85. The fourth-order valence-electron chi connectivity index (χ4n) is 3.94. The van der Waals surface area contributed by atoms with Crippen molar-refractivity contribution in [1.82, 2.24) is 9.97 Å². The minimum atomic E-state index is 0.436. The van der Waals surface area contributed by atoms with Gasteiger partial charge in [-0.15, -0.1) is 0 Å². The second-order valence-electron chi connectivity index (χ2n) is 7.86. The summed E-state index contributed by atoms with van der Waals surface area (Å²) in [5.41, 5.74) is 5.88. The topological polar surface area (TPSA) is 29.0 Å². The quantitative estimate of drug-likeness (QED) is 0.237. The Morgan fingerprint density at radius 2 is 1.36 bits per heavy atom. The van der Waals surface area contributed by atoms with Gasteiger partial charge in [-0.2, -0.15) is 0 Å². The highest BCUT2D eigenvalue weighted by Crippen LogP contribution is 2.34. The van der Waals surface area contributed by atoms with Crippen LogP contribution in [0.2, 0.25) is 10.2 Å². The lowest BCUT2D eigenvalue weighted by Gasteiger charge is -2.26. The Kier molecular flexibility index (Phi) is 6.25. The number of halogens is 2. The van der Waals surface area contributed by atoms with Crippen molar-refractivity contribution in [1.29, 1.82) is 0 Å². The van der Waals surface area contributed by atoms with E-state index in [1.807, 2.05) is 42.5 Å². The molecule has 2 aromatic heterocycles. The van der Waals surface area contributed by atoms with Crippen LogP contribution in [0.25, 0.3) is 22.2 Å². The molecule has 0 aliphatic rings. The first-order valence-corrected chi connectivity index (χ1v) is 11.5. The molecule has 5 heteroatoms. The fraction of sp³-hybridized carbons (Fsp3) is 0.0714. The molecule has 0 radical (unpaired) electrons. The van der Waals surface area contributed by atoms with Crippen LogP contribution < -0.4 is 4.90 Å². The first kappa shape index (κ1) is 21.4. The highest BCUT2D eigenvalue weighted by atomic mass is 35.5. The number of fused-ring (bicyclic) bond motifs is 1. The average Bonchev–Trinajstić information content (AvgIpc) is 2.85. The molecule has 5 aromatic rings. The van der Waals surface area contributed by atoms with Crippen LogP contribution in [0.15, 0.2) is 103 Å². The molecule has 5 rings (SSSR count). The van der Waals surface area contributed by atoms with Gasteiger partial charge in [-0.25, -0.2) is 4.98 Å². The van der Waals surface area contributed by atoms with Gasteiger partial charge in [0, 0.05) is 30.2 Å². The lowest BCUT2D eigenvalue weighted by atomic mass is 10.1. The minimum absolute atomic E-state index is 0.436. The van der Waals surface area contributed by atoms with E-state index in [0.717, 1.165) is 40.9 Å². The van der Waals surface area contributed by atoms with E-state index in [2.05, 4.69) is 69.5 Å². The first-order chi connectivity index (χ1) is 16.2. The lowest BCUT2D eigenvalue weighted by molar-refractivity contribution is 0.800. The summed E-state index contributed by atoms with van der Waals surface area (Å²) in [6.07, 6.45) is 1.75. The first-order valence-electron chi connectivity index (χ1n) is 10.7. The van der Waals surface area contributed by atoms with Gasteiger partial charge in [0.1, 0.15) is 5.15 Å². The SMILES string of the molecule is Clc1cc(-c2cc3ncccc3c(Cl)n2)ccc1N(Cc1ccccc1)Cc1ccccc1. The summed E-state index contributed by atoms with van der Waals surface area (Å²) in [7, 11) is 0. The zero-order chi connectivity index (χ0) is 22.6. The highest BCUT2D eigenvalue weighted by Gasteiger charge is 2.15. The molecule has 33 heavy (non-hydrogen) atoms. The van der Waals surface area contributed by atoms with E-state index in [1.165, 1.54) is 11.1 Å². The van der Waals surface area contributed by atoms with Crippen LogP contribution in [0, 0.1) is 0 Å². The van der Waals surface area contributed by atoms with Crippen molar-refractivity contribution >= 4 is 39.8 Å². The van der Waals surface area contributed by atoms with E-state index in [0.29, 0.717) is 10.2 Å². The Balaban J connectivity index is 1.51. The number of rotatable bonds is 6. The van der Waals surface area contributed by atoms with Crippen molar-refractivity contribution in [2.24, 2.45) is 0 Å². The van der Waals surface area contributed by atoms with Crippen LogP contribution in [0.3, 0.4) is 0 Å². The second kappa shape index (κ2) is 9.62. The number of benzene rings is 3. The number of pyridine rings is 2. The van der Waals surface area contributed by atoms with E-state index >= 15 is 0 Å². The van der Waals surface area contributed by atoms with Gasteiger partial charge in [0.15, 0.2) is 0 Å². The molecule has 162 valence electrons. The van der Waals surface area contributed by atoms with E-state index in [1.54, 1.807) is 6.20 Å². The van der Waals surface area contributed by atoms with Gasteiger partial charge in [-0.05, 0) is 41.5 Å². The summed E-state index contributed by atoms with van der Waals surface area (Å²) < 4.78 is 0. The predicted molar refractivity (Wildman–Crippen MR) is 138 cm³/mol. The third-order valence-corrected chi connectivity index (χ3v) is 6.16. The summed E-state index contributed by atoms with van der Waals surface area (Å²) in [6.45, 7) is 1.50. The maximum atomic E-state index is 6.85. The van der Waals surface area contributed by atoms with Crippen molar-refractivity contribution in [3.05, 3.63) is 125 Å². The maximum Gasteiger partial charge on any atom is 0.139 e. The Hall–Kier alpha value is -3.40. The van der Waals surface area contributed by atoms with Gasteiger partial charge >= 0.3 is 0 Å². The van der Waals surface area contributed by atoms with Gasteiger partial charge in [0.25, 0.3) is 0 Å². The van der Waals surface area contributed by atoms with Crippen molar-refractivity contribution in [2.45, 2.75) is 13.1 Å². The van der Waals surface area contributed by atoms with E-state index in [4.69, 9.17) is 23.2 Å². The van der Waals surface area contributed by atoms with Crippen molar-refractivity contribution < 1.29 is 0 Å². The van der Waals surface area contributed by atoms with Crippen LogP contribution in [0.5, 0.6) is 0 Å². The molecule has 0 unspecified atom stereocenters. The number of aromatic nitrogens is 2. The Morgan fingerprint density at radius 1 is 0.697 bits per heavy atom. The minimum Gasteiger partial charge on any atom is -0.362 e. The normalized spacial score (nSPS) is 11.0. The van der Waals surface area contributed by atoms with Crippen molar-refractivity contribution in [2.75, 3.05) is 4.90 Å². The Labute approximate surface area is 203 Å². The molecule has 2 heterocycles. The molecule has 0 fully saturated rings. The van der Waals surface area contributed by atoms with Gasteiger partial charge in [0.2, 0.25) is 0 Å². The van der Waals surface area contributed by atoms with Gasteiger partial charge in [0.05, 0.1) is 21.9 Å². The third-order valence-electron chi connectivity index (χ3n) is 5.57. The average molecular weight is 470 g/mol. The molecular weight excluding hydrogens is 449 g/mol.